The molecule has 12 heteroatoms. The van der Waals surface area contributed by atoms with Crippen molar-refractivity contribution in [2.45, 2.75) is 0 Å². The maximum atomic E-state index is 11.2. The van der Waals surface area contributed by atoms with Gasteiger partial charge in [0.2, 0.25) is 5.96 Å². The Kier molecular flexibility index (Phi) is 4.93. The van der Waals surface area contributed by atoms with E-state index in [4.69, 9.17) is 0 Å². The van der Waals surface area contributed by atoms with E-state index in [-0.39, 0.29) is 16.9 Å². The van der Waals surface area contributed by atoms with Crippen molar-refractivity contribution < 1.29 is 20.8 Å². The summed E-state index contributed by atoms with van der Waals surface area (Å²) in [5, 5.41) is 17.8. The smallest absolute Gasteiger partial charge is 0.408 e. The number of amides is 2. The SMILES string of the molecule is CSN1CCN2C(=N1)NC(=O)N2[N+](=O)[O-].O.O. The molecule has 0 aromatic carbocycles. The van der Waals surface area contributed by atoms with Gasteiger partial charge in [0, 0.05) is 6.26 Å². The number of hydrazone groups is 1. The largest absolute Gasteiger partial charge is 0.412 e. The molecule has 0 saturated carbocycles. The minimum atomic E-state index is -0.790. The topological polar surface area (TPSA) is 157 Å². The number of fused-ring (bicyclic) bond motifs is 1. The number of nitrogens with one attached hydrogen (secondary N) is 1. The molecule has 5 N–H and O–H groups in total. The second-order valence-electron chi connectivity index (χ2n) is 2.76. The average Bonchev–Trinajstić information content (AvgIpc) is 2.52. The highest BCUT2D eigenvalue weighted by molar-refractivity contribution is 7.96. The molecule has 1 saturated heterocycles. The first-order chi connectivity index (χ1) is 7.13. The second-order valence-corrected chi connectivity index (χ2v) is 3.55. The summed E-state index contributed by atoms with van der Waals surface area (Å²) in [7, 11) is 0. The molecule has 2 aliphatic heterocycles. The minimum absolute atomic E-state index is 0. The van der Waals surface area contributed by atoms with Crippen LogP contribution in [-0.4, -0.2) is 61.9 Å². The van der Waals surface area contributed by atoms with Crippen LogP contribution in [-0.2, 0) is 0 Å². The second kappa shape index (κ2) is 5.51. The van der Waals surface area contributed by atoms with Gasteiger partial charge in [-0.2, -0.15) is 5.01 Å². The van der Waals surface area contributed by atoms with Crippen molar-refractivity contribution in [1.29, 1.82) is 0 Å². The van der Waals surface area contributed by atoms with Gasteiger partial charge < -0.3 is 11.0 Å². The average molecular weight is 268 g/mol. The summed E-state index contributed by atoms with van der Waals surface area (Å²) in [5.74, 6) is 0.192. The van der Waals surface area contributed by atoms with Crippen LogP contribution in [0.4, 0.5) is 4.79 Å². The van der Waals surface area contributed by atoms with E-state index in [1.54, 1.807) is 4.41 Å². The maximum Gasteiger partial charge on any atom is 0.408 e. The fraction of sp³-hybridized carbons (Fsp3) is 0.600. The maximum absolute atomic E-state index is 11.2. The Morgan fingerprint density at radius 2 is 2.12 bits per heavy atom. The molecule has 0 aromatic heterocycles. The zero-order valence-electron chi connectivity index (χ0n) is 8.78. The van der Waals surface area contributed by atoms with Crippen LogP contribution in [0.15, 0.2) is 5.10 Å². The van der Waals surface area contributed by atoms with E-state index >= 15 is 0 Å². The molecule has 0 atom stereocenters. The van der Waals surface area contributed by atoms with Crippen molar-refractivity contribution in [3.8, 4) is 0 Å². The first kappa shape index (κ1) is 15.2. The van der Waals surface area contributed by atoms with Gasteiger partial charge in [-0.05, 0) is 11.9 Å². The quantitative estimate of drug-likeness (QED) is 0.335. The number of hydrazine groups is 2. The summed E-state index contributed by atoms with van der Waals surface area (Å²) in [6.07, 6.45) is 1.84. The normalized spacial score (nSPS) is 17.6. The third-order valence-corrected chi connectivity index (χ3v) is 2.63. The molecule has 98 valence electrons. The van der Waals surface area contributed by atoms with Crippen LogP contribution in [0.2, 0.25) is 0 Å². The number of hydrogen-bond donors (Lipinski definition) is 1. The Morgan fingerprint density at radius 1 is 1.47 bits per heavy atom. The molecule has 0 aromatic rings. The summed E-state index contributed by atoms with van der Waals surface area (Å²) in [6, 6.07) is -0.790. The standard InChI is InChI=1S/C5H8N6O3S.2H2O/c1-15-9-3-2-8-4(7-9)6-5(12)10(8)11(13)14;;/h2-3H2,1H3,(H,6,7,12);2*1H2. The molecule has 11 nitrogen and oxygen atoms in total. The molecule has 0 spiro atoms. The predicted molar refractivity (Wildman–Crippen MR) is 59.0 cm³/mol. The highest BCUT2D eigenvalue weighted by atomic mass is 32.2. The van der Waals surface area contributed by atoms with Gasteiger partial charge in [0.1, 0.15) is 0 Å². The number of urea groups is 1. The van der Waals surface area contributed by atoms with E-state index in [0.29, 0.717) is 18.2 Å². The van der Waals surface area contributed by atoms with Crippen molar-refractivity contribution in [2.24, 2.45) is 5.10 Å². The third kappa shape index (κ3) is 2.48. The molecule has 17 heavy (non-hydrogen) atoms. The number of hydrogen-bond acceptors (Lipinski definition) is 7. The van der Waals surface area contributed by atoms with Crippen molar-refractivity contribution >= 4 is 23.9 Å². The monoisotopic (exact) mass is 268 g/mol. The molecule has 2 rings (SSSR count). The van der Waals surface area contributed by atoms with E-state index in [9.17, 15) is 14.9 Å². The highest BCUT2D eigenvalue weighted by Gasteiger charge is 2.44. The molecule has 0 bridgehead atoms. The number of carbonyl (C=O) groups is 1. The van der Waals surface area contributed by atoms with Crippen LogP contribution < -0.4 is 5.32 Å². The lowest BCUT2D eigenvalue weighted by Crippen LogP contribution is -2.49. The van der Waals surface area contributed by atoms with E-state index in [1.807, 2.05) is 6.26 Å². The van der Waals surface area contributed by atoms with E-state index in [0.717, 1.165) is 0 Å². The van der Waals surface area contributed by atoms with Gasteiger partial charge in [0.25, 0.3) is 0 Å². The number of rotatable bonds is 2. The number of nitrogens with zero attached hydrogens (tertiary/aromatic N) is 5. The zero-order valence-corrected chi connectivity index (χ0v) is 9.60. The molecule has 2 aliphatic rings. The Morgan fingerprint density at radius 3 is 2.65 bits per heavy atom. The number of guanidine groups is 1. The van der Waals surface area contributed by atoms with Crippen LogP contribution in [0.25, 0.3) is 0 Å². The van der Waals surface area contributed by atoms with Crippen molar-refractivity contribution in [3.63, 3.8) is 0 Å². The molecule has 0 unspecified atom stereocenters. The van der Waals surface area contributed by atoms with Crippen LogP contribution in [0.3, 0.4) is 0 Å². The highest BCUT2D eigenvalue weighted by Crippen LogP contribution is 2.16. The van der Waals surface area contributed by atoms with Gasteiger partial charge in [0.15, 0.2) is 5.03 Å². The van der Waals surface area contributed by atoms with Crippen molar-refractivity contribution in [1.82, 2.24) is 19.9 Å². The van der Waals surface area contributed by atoms with Crippen LogP contribution >= 0.6 is 11.9 Å². The first-order valence-corrected chi connectivity index (χ1v) is 5.25. The van der Waals surface area contributed by atoms with Gasteiger partial charge in [-0.3, -0.25) is 5.32 Å². The van der Waals surface area contributed by atoms with E-state index < -0.39 is 11.1 Å². The molecule has 2 amide bonds. The van der Waals surface area contributed by atoms with Crippen LogP contribution in [0, 0.1) is 10.1 Å². The number of carbonyl (C=O) groups excluding carboxylic acids is 1. The van der Waals surface area contributed by atoms with Gasteiger partial charge >= 0.3 is 6.03 Å². The Hall–Kier alpha value is -1.79. The van der Waals surface area contributed by atoms with Crippen LogP contribution in [0.5, 0.6) is 0 Å². The van der Waals surface area contributed by atoms with Gasteiger partial charge in [-0.15, -0.1) is 5.10 Å². The third-order valence-electron chi connectivity index (χ3n) is 1.95. The lowest BCUT2D eigenvalue weighted by atomic mass is 10.6. The molecular formula is C5H12N6O5S. The molecule has 1 fully saturated rings. The fourth-order valence-corrected chi connectivity index (χ4v) is 1.74. The number of nitro groups is 1. The lowest BCUT2D eigenvalue weighted by Gasteiger charge is -2.27. The Balaban J connectivity index is 0.00000128. The zero-order chi connectivity index (χ0) is 11.0. The van der Waals surface area contributed by atoms with Gasteiger partial charge in [-0.25, -0.2) is 19.3 Å². The molecular weight excluding hydrogens is 256 g/mol. The lowest BCUT2D eigenvalue weighted by molar-refractivity contribution is -0.665. The van der Waals surface area contributed by atoms with E-state index in [2.05, 4.69) is 10.4 Å². The van der Waals surface area contributed by atoms with Crippen molar-refractivity contribution in [2.75, 3.05) is 19.3 Å². The summed E-state index contributed by atoms with van der Waals surface area (Å²) in [6.45, 7) is 0.864. The summed E-state index contributed by atoms with van der Waals surface area (Å²) in [5.41, 5.74) is 0. The summed E-state index contributed by atoms with van der Waals surface area (Å²) in [4.78, 5) is 21.8. The van der Waals surface area contributed by atoms with Gasteiger partial charge in [0.05, 0.1) is 18.2 Å². The minimum Gasteiger partial charge on any atom is -0.412 e. The van der Waals surface area contributed by atoms with Crippen LogP contribution in [0.1, 0.15) is 0 Å². The van der Waals surface area contributed by atoms with Crippen molar-refractivity contribution in [3.05, 3.63) is 10.1 Å². The van der Waals surface area contributed by atoms with E-state index in [1.165, 1.54) is 17.0 Å². The molecule has 2 heterocycles. The summed E-state index contributed by atoms with van der Waals surface area (Å²) >= 11 is 1.39. The molecule has 0 radical (unpaired) electrons. The Bertz CT molecular complexity index is 350. The Labute approximate surface area is 99.9 Å². The fourth-order valence-electron chi connectivity index (χ4n) is 1.32. The predicted octanol–water partition coefficient (Wildman–Crippen LogP) is -2.36. The summed E-state index contributed by atoms with van der Waals surface area (Å²) < 4.78 is 1.65. The van der Waals surface area contributed by atoms with Gasteiger partial charge in [-0.1, -0.05) is 0 Å². The molecule has 0 aliphatic carbocycles. The first-order valence-electron chi connectivity index (χ1n) is 4.06.